The highest BCUT2D eigenvalue weighted by atomic mass is 16.5. The van der Waals surface area contributed by atoms with Crippen molar-refractivity contribution in [2.24, 2.45) is 11.7 Å². The van der Waals surface area contributed by atoms with Gasteiger partial charge in [-0.2, -0.15) is 0 Å². The topological polar surface area (TPSA) is 131 Å². The van der Waals surface area contributed by atoms with Crippen LogP contribution in [-0.2, 0) is 9.53 Å². The van der Waals surface area contributed by atoms with Crippen molar-refractivity contribution in [2.75, 3.05) is 30.0 Å². The predicted molar refractivity (Wildman–Crippen MR) is 127 cm³/mol. The summed E-state index contributed by atoms with van der Waals surface area (Å²) in [5.74, 6) is -0.806. The number of nitrogens with one attached hydrogen (secondary N) is 1. The maximum Gasteiger partial charge on any atom is 0.303 e. The highest BCUT2D eigenvalue weighted by molar-refractivity contribution is 5.92. The normalized spacial score (nSPS) is 15.3. The Morgan fingerprint density at radius 3 is 2.45 bits per heavy atom. The number of aromatic nitrogens is 2. The van der Waals surface area contributed by atoms with Gasteiger partial charge in [-0.1, -0.05) is 26.8 Å². The fraction of sp³-hybridized carbons (Fsp3) is 0.500. The zero-order chi connectivity index (χ0) is 24.0. The third-order valence-corrected chi connectivity index (χ3v) is 5.76. The Morgan fingerprint density at radius 2 is 1.88 bits per heavy atom. The summed E-state index contributed by atoms with van der Waals surface area (Å²) in [6, 6.07) is 6.35. The average Bonchev–Trinajstić information content (AvgIpc) is 2.78. The van der Waals surface area contributed by atoms with Crippen LogP contribution in [0.2, 0.25) is 0 Å². The Hall–Kier alpha value is -3.20. The first-order valence-corrected chi connectivity index (χ1v) is 11.3. The number of ether oxygens (including phenoxy) is 1. The van der Waals surface area contributed by atoms with Gasteiger partial charge in [-0.05, 0) is 42.4 Å². The van der Waals surface area contributed by atoms with E-state index >= 15 is 0 Å². The number of amides is 1. The summed E-state index contributed by atoms with van der Waals surface area (Å²) in [4.78, 5) is 33.5. The number of anilines is 3. The standard InChI is InChI=1S/C24H33N5O4/c1-15(2)14-29(19-6-8-33-9-7-19)21-5-4-17(16(3)10-22(30)31)11-20(21)28-24-26-12-18(13-27-24)23(25)32/h4-5,11-13,15-16,19H,6-10,14H2,1-3H3,(H2,25,32)(H,30,31)(H,26,27,28)/t16-/m1/s1. The highest BCUT2D eigenvalue weighted by Crippen LogP contribution is 2.35. The van der Waals surface area contributed by atoms with Gasteiger partial charge in [0, 0.05) is 38.2 Å². The van der Waals surface area contributed by atoms with E-state index < -0.39 is 11.9 Å². The van der Waals surface area contributed by atoms with Crippen LogP contribution >= 0.6 is 0 Å². The van der Waals surface area contributed by atoms with Crippen LogP contribution in [0.1, 0.15) is 61.9 Å². The highest BCUT2D eigenvalue weighted by Gasteiger charge is 2.25. The molecule has 9 heteroatoms. The van der Waals surface area contributed by atoms with Gasteiger partial charge in [0.1, 0.15) is 0 Å². The number of carboxylic acids is 1. The van der Waals surface area contributed by atoms with Crippen LogP contribution in [0.15, 0.2) is 30.6 Å². The molecule has 4 N–H and O–H groups in total. The van der Waals surface area contributed by atoms with Crippen molar-refractivity contribution in [2.45, 2.75) is 52.0 Å². The Balaban J connectivity index is 2.00. The molecule has 2 aromatic rings. The number of rotatable bonds is 10. The molecule has 1 aromatic heterocycles. The SMILES string of the molecule is CC(C)CN(c1ccc([C@H](C)CC(=O)O)cc1Nc1ncc(C(N)=O)cn1)C1CCOCC1. The third kappa shape index (κ3) is 6.64. The first-order chi connectivity index (χ1) is 15.7. The van der Waals surface area contributed by atoms with Crippen molar-refractivity contribution in [3.8, 4) is 0 Å². The van der Waals surface area contributed by atoms with E-state index in [1.807, 2.05) is 25.1 Å². The van der Waals surface area contributed by atoms with Crippen LogP contribution in [0.4, 0.5) is 17.3 Å². The van der Waals surface area contributed by atoms with E-state index in [-0.39, 0.29) is 17.9 Å². The lowest BCUT2D eigenvalue weighted by atomic mass is 9.95. The number of aliphatic carboxylic acids is 1. The van der Waals surface area contributed by atoms with Gasteiger partial charge >= 0.3 is 5.97 Å². The van der Waals surface area contributed by atoms with Crippen LogP contribution in [0.3, 0.4) is 0 Å². The van der Waals surface area contributed by atoms with E-state index in [4.69, 9.17) is 10.5 Å². The van der Waals surface area contributed by atoms with Crippen molar-refractivity contribution < 1.29 is 19.4 Å². The van der Waals surface area contributed by atoms with Gasteiger partial charge in [0.15, 0.2) is 0 Å². The van der Waals surface area contributed by atoms with Gasteiger partial charge in [-0.25, -0.2) is 9.97 Å². The van der Waals surface area contributed by atoms with E-state index in [2.05, 4.69) is 34.0 Å². The van der Waals surface area contributed by atoms with Crippen molar-refractivity contribution in [3.63, 3.8) is 0 Å². The first-order valence-electron chi connectivity index (χ1n) is 11.3. The lowest BCUT2D eigenvalue weighted by Gasteiger charge is -2.38. The molecular weight excluding hydrogens is 422 g/mol. The molecule has 1 amide bonds. The summed E-state index contributed by atoms with van der Waals surface area (Å²) in [6.07, 6.45) is 4.69. The molecule has 1 atom stereocenters. The molecule has 2 heterocycles. The summed E-state index contributed by atoms with van der Waals surface area (Å²) >= 11 is 0. The monoisotopic (exact) mass is 455 g/mol. The van der Waals surface area contributed by atoms with Crippen LogP contribution in [-0.4, -0.2) is 52.8 Å². The molecule has 0 spiro atoms. The number of primary amides is 1. The third-order valence-electron chi connectivity index (χ3n) is 5.76. The summed E-state index contributed by atoms with van der Waals surface area (Å²) in [7, 11) is 0. The van der Waals surface area contributed by atoms with Crippen LogP contribution in [0.5, 0.6) is 0 Å². The molecule has 1 fully saturated rings. The fourth-order valence-electron chi connectivity index (χ4n) is 4.07. The molecule has 3 rings (SSSR count). The van der Waals surface area contributed by atoms with E-state index in [1.165, 1.54) is 12.4 Å². The van der Waals surface area contributed by atoms with E-state index in [9.17, 15) is 14.7 Å². The summed E-state index contributed by atoms with van der Waals surface area (Å²) in [5, 5.41) is 12.5. The molecule has 0 radical (unpaired) electrons. The number of carboxylic acid groups (broad SMARTS) is 1. The van der Waals surface area contributed by atoms with Crippen LogP contribution < -0.4 is 16.0 Å². The Kier molecular flexibility index (Phi) is 8.21. The summed E-state index contributed by atoms with van der Waals surface area (Å²) in [6.45, 7) is 8.60. The number of nitrogens with zero attached hydrogens (tertiary/aromatic N) is 3. The molecule has 1 aliphatic rings. The molecule has 1 aromatic carbocycles. The zero-order valence-electron chi connectivity index (χ0n) is 19.5. The summed E-state index contributed by atoms with van der Waals surface area (Å²) in [5.41, 5.74) is 8.24. The Morgan fingerprint density at radius 1 is 1.21 bits per heavy atom. The van der Waals surface area contributed by atoms with Crippen molar-refractivity contribution in [3.05, 3.63) is 41.7 Å². The first kappa shape index (κ1) is 24.4. The van der Waals surface area contributed by atoms with Gasteiger partial charge in [0.2, 0.25) is 5.95 Å². The second-order valence-electron chi connectivity index (χ2n) is 8.95. The number of carbonyl (C=O) groups excluding carboxylic acids is 1. The number of carbonyl (C=O) groups is 2. The molecule has 0 saturated carbocycles. The van der Waals surface area contributed by atoms with Gasteiger partial charge in [0.05, 0.1) is 23.4 Å². The molecular formula is C24H33N5O4. The van der Waals surface area contributed by atoms with E-state index in [0.29, 0.717) is 17.9 Å². The Bertz CT molecular complexity index is 958. The van der Waals surface area contributed by atoms with Crippen LogP contribution in [0.25, 0.3) is 0 Å². The van der Waals surface area contributed by atoms with Crippen molar-refractivity contribution in [1.82, 2.24) is 9.97 Å². The minimum absolute atomic E-state index is 0.0399. The molecule has 1 aliphatic heterocycles. The number of benzene rings is 1. The van der Waals surface area contributed by atoms with Crippen molar-refractivity contribution >= 4 is 29.2 Å². The predicted octanol–water partition coefficient (Wildman–Crippen LogP) is 3.54. The zero-order valence-corrected chi connectivity index (χ0v) is 19.5. The maximum atomic E-state index is 11.4. The minimum Gasteiger partial charge on any atom is -0.481 e. The smallest absolute Gasteiger partial charge is 0.303 e. The molecule has 0 bridgehead atoms. The summed E-state index contributed by atoms with van der Waals surface area (Å²) < 4.78 is 5.58. The minimum atomic E-state index is -0.838. The van der Waals surface area contributed by atoms with Gasteiger partial charge in [0.25, 0.3) is 5.91 Å². The second kappa shape index (κ2) is 11.1. The largest absolute Gasteiger partial charge is 0.481 e. The molecule has 178 valence electrons. The maximum absolute atomic E-state index is 11.4. The lowest BCUT2D eigenvalue weighted by Crippen LogP contribution is -2.42. The number of nitrogens with two attached hydrogens (primary N) is 1. The van der Waals surface area contributed by atoms with Gasteiger partial charge in [-0.15, -0.1) is 0 Å². The lowest BCUT2D eigenvalue weighted by molar-refractivity contribution is -0.137. The number of hydrogen-bond acceptors (Lipinski definition) is 7. The number of hydrogen-bond donors (Lipinski definition) is 3. The van der Waals surface area contributed by atoms with E-state index in [0.717, 1.165) is 49.5 Å². The Labute approximate surface area is 194 Å². The van der Waals surface area contributed by atoms with Crippen LogP contribution in [0, 0.1) is 5.92 Å². The molecule has 9 nitrogen and oxygen atoms in total. The van der Waals surface area contributed by atoms with E-state index in [1.54, 1.807) is 0 Å². The second-order valence-corrected chi connectivity index (χ2v) is 8.95. The average molecular weight is 456 g/mol. The molecule has 0 aliphatic carbocycles. The quantitative estimate of drug-likeness (QED) is 0.496. The fourth-order valence-corrected chi connectivity index (χ4v) is 4.07. The van der Waals surface area contributed by atoms with Gasteiger partial charge in [-0.3, -0.25) is 9.59 Å². The molecule has 1 saturated heterocycles. The van der Waals surface area contributed by atoms with Gasteiger partial charge < -0.3 is 25.8 Å². The van der Waals surface area contributed by atoms with Crippen molar-refractivity contribution in [1.29, 1.82) is 0 Å². The molecule has 33 heavy (non-hydrogen) atoms. The molecule has 0 unspecified atom stereocenters.